The first kappa shape index (κ1) is 12.6. The van der Waals surface area contributed by atoms with E-state index in [1.165, 1.54) is 36.4 Å². The summed E-state index contributed by atoms with van der Waals surface area (Å²) in [5.41, 5.74) is 0.0759. The van der Waals surface area contributed by atoms with Crippen LogP contribution in [0.3, 0.4) is 0 Å². The Labute approximate surface area is 108 Å². The minimum Gasteiger partial charge on any atom is -0.478 e. The largest absolute Gasteiger partial charge is 0.478 e. The van der Waals surface area contributed by atoms with Gasteiger partial charge in [-0.1, -0.05) is 0 Å². The fourth-order valence-electron chi connectivity index (χ4n) is 1.45. The van der Waals surface area contributed by atoms with E-state index in [2.05, 4.69) is 0 Å². The highest BCUT2D eigenvalue weighted by molar-refractivity contribution is 5.87. The number of aromatic carboxylic acids is 1. The van der Waals surface area contributed by atoms with Gasteiger partial charge in [0.25, 0.3) is 0 Å². The van der Waals surface area contributed by atoms with Gasteiger partial charge >= 0.3 is 5.97 Å². The fraction of sp³-hybridized carbons (Fsp3) is 0. The molecule has 0 radical (unpaired) electrons. The summed E-state index contributed by atoms with van der Waals surface area (Å²) < 4.78 is 18.7. The number of hydrogen-bond donors (Lipinski definition) is 1. The fourth-order valence-corrected chi connectivity index (χ4v) is 1.45. The van der Waals surface area contributed by atoms with Crippen LogP contribution < -0.4 is 4.74 Å². The first-order chi connectivity index (χ1) is 9.10. The Morgan fingerprint density at radius 3 is 2.32 bits per heavy atom. The van der Waals surface area contributed by atoms with E-state index in [0.717, 1.165) is 6.07 Å². The van der Waals surface area contributed by atoms with Crippen LogP contribution in [0.15, 0.2) is 42.5 Å². The van der Waals surface area contributed by atoms with Crippen LogP contribution >= 0.6 is 0 Å². The van der Waals surface area contributed by atoms with Gasteiger partial charge in [-0.2, -0.15) is 5.26 Å². The summed E-state index contributed by atoms with van der Waals surface area (Å²) in [5.74, 6) is -1.08. The van der Waals surface area contributed by atoms with Crippen LogP contribution in [0.5, 0.6) is 11.5 Å². The van der Waals surface area contributed by atoms with Gasteiger partial charge in [-0.25, -0.2) is 9.18 Å². The molecule has 0 bridgehead atoms. The summed E-state index contributed by atoms with van der Waals surface area (Å²) in [7, 11) is 0. The number of halogens is 1. The van der Waals surface area contributed by atoms with E-state index < -0.39 is 11.8 Å². The zero-order chi connectivity index (χ0) is 13.8. The SMILES string of the molecule is N#Cc1ccc(Oc2ccc(C(=O)O)cc2)cc1F. The minimum absolute atomic E-state index is 0.0615. The summed E-state index contributed by atoms with van der Waals surface area (Å²) in [5, 5.41) is 17.3. The standard InChI is InChI=1S/C14H8FNO3/c15-13-7-12(6-3-10(13)8-16)19-11-4-1-9(2-5-11)14(17)18/h1-7H,(H,17,18). The van der Waals surface area contributed by atoms with Crippen LogP contribution in [0.1, 0.15) is 15.9 Å². The number of nitrogens with zero attached hydrogens (tertiary/aromatic N) is 1. The second kappa shape index (κ2) is 5.19. The molecule has 2 aromatic rings. The van der Waals surface area contributed by atoms with Crippen molar-refractivity contribution in [2.24, 2.45) is 0 Å². The lowest BCUT2D eigenvalue weighted by atomic mass is 10.2. The lowest BCUT2D eigenvalue weighted by Gasteiger charge is -2.06. The van der Waals surface area contributed by atoms with Crippen molar-refractivity contribution in [1.29, 1.82) is 5.26 Å². The molecule has 2 aromatic carbocycles. The van der Waals surface area contributed by atoms with E-state index in [9.17, 15) is 9.18 Å². The van der Waals surface area contributed by atoms with Gasteiger partial charge < -0.3 is 9.84 Å². The molecule has 0 saturated carbocycles. The van der Waals surface area contributed by atoms with Crippen LogP contribution in [0.4, 0.5) is 4.39 Å². The minimum atomic E-state index is -1.03. The van der Waals surface area contributed by atoms with E-state index in [-0.39, 0.29) is 16.9 Å². The van der Waals surface area contributed by atoms with Crippen molar-refractivity contribution >= 4 is 5.97 Å². The van der Waals surface area contributed by atoms with Crippen LogP contribution in [-0.2, 0) is 0 Å². The van der Waals surface area contributed by atoms with E-state index in [1.54, 1.807) is 6.07 Å². The molecule has 0 aliphatic carbocycles. The topological polar surface area (TPSA) is 70.3 Å². The van der Waals surface area contributed by atoms with Gasteiger partial charge in [0.2, 0.25) is 0 Å². The third kappa shape index (κ3) is 2.87. The second-order valence-corrected chi connectivity index (χ2v) is 3.69. The van der Waals surface area contributed by atoms with Gasteiger partial charge in [0.1, 0.15) is 23.4 Å². The lowest BCUT2D eigenvalue weighted by Crippen LogP contribution is -1.95. The zero-order valence-electron chi connectivity index (χ0n) is 9.63. The average Bonchev–Trinajstić information content (AvgIpc) is 2.39. The predicted molar refractivity (Wildman–Crippen MR) is 64.6 cm³/mol. The highest BCUT2D eigenvalue weighted by atomic mass is 19.1. The van der Waals surface area contributed by atoms with Crippen molar-refractivity contribution in [3.05, 3.63) is 59.4 Å². The molecule has 0 heterocycles. The average molecular weight is 257 g/mol. The molecule has 0 unspecified atom stereocenters. The Hall–Kier alpha value is -2.87. The molecule has 0 spiro atoms. The smallest absolute Gasteiger partial charge is 0.335 e. The van der Waals surface area contributed by atoms with E-state index >= 15 is 0 Å². The molecule has 0 saturated heterocycles. The van der Waals surface area contributed by atoms with Crippen LogP contribution in [0.25, 0.3) is 0 Å². The number of ether oxygens (including phenoxy) is 1. The third-order valence-electron chi connectivity index (χ3n) is 2.40. The molecular weight excluding hydrogens is 249 g/mol. The summed E-state index contributed by atoms with van der Waals surface area (Å²) in [6, 6.07) is 11.3. The highest BCUT2D eigenvalue weighted by Crippen LogP contribution is 2.23. The maximum atomic E-state index is 13.3. The van der Waals surface area contributed by atoms with Gasteiger partial charge in [0, 0.05) is 6.07 Å². The zero-order valence-corrected chi connectivity index (χ0v) is 9.63. The molecule has 0 aliphatic rings. The summed E-state index contributed by atoms with van der Waals surface area (Å²) in [6.45, 7) is 0. The maximum absolute atomic E-state index is 13.3. The molecule has 1 N–H and O–H groups in total. The monoisotopic (exact) mass is 257 g/mol. The molecule has 0 aromatic heterocycles. The van der Waals surface area contributed by atoms with Gasteiger partial charge in [0.15, 0.2) is 0 Å². The second-order valence-electron chi connectivity index (χ2n) is 3.69. The van der Waals surface area contributed by atoms with E-state index in [1.807, 2.05) is 0 Å². The van der Waals surface area contributed by atoms with Crippen LogP contribution in [0.2, 0.25) is 0 Å². The number of carboxylic acid groups (broad SMARTS) is 1. The number of hydrogen-bond acceptors (Lipinski definition) is 3. The molecule has 0 amide bonds. The van der Waals surface area contributed by atoms with Crippen LogP contribution in [0, 0.1) is 17.1 Å². The molecule has 94 valence electrons. The van der Waals surface area contributed by atoms with Gasteiger partial charge in [0.05, 0.1) is 11.1 Å². The first-order valence-corrected chi connectivity index (χ1v) is 5.31. The van der Waals surface area contributed by atoms with Crippen molar-refractivity contribution in [3.8, 4) is 17.6 Å². The summed E-state index contributed by atoms with van der Waals surface area (Å²) in [6.07, 6.45) is 0. The highest BCUT2D eigenvalue weighted by Gasteiger charge is 2.06. The van der Waals surface area contributed by atoms with Crippen molar-refractivity contribution in [3.63, 3.8) is 0 Å². The first-order valence-electron chi connectivity index (χ1n) is 5.31. The molecule has 0 fully saturated rings. The number of rotatable bonds is 3. The summed E-state index contributed by atoms with van der Waals surface area (Å²) in [4.78, 5) is 10.7. The van der Waals surface area contributed by atoms with Crippen molar-refractivity contribution < 1.29 is 19.0 Å². The van der Waals surface area contributed by atoms with Crippen molar-refractivity contribution in [2.45, 2.75) is 0 Å². The predicted octanol–water partition coefficient (Wildman–Crippen LogP) is 3.19. The number of benzene rings is 2. The lowest BCUT2D eigenvalue weighted by molar-refractivity contribution is 0.0697. The molecule has 19 heavy (non-hydrogen) atoms. The molecule has 0 aliphatic heterocycles. The molecule has 5 heteroatoms. The maximum Gasteiger partial charge on any atom is 0.335 e. The molecule has 4 nitrogen and oxygen atoms in total. The summed E-state index contributed by atoms with van der Waals surface area (Å²) >= 11 is 0. The Balaban J connectivity index is 2.19. The van der Waals surface area contributed by atoms with E-state index in [0.29, 0.717) is 5.75 Å². The van der Waals surface area contributed by atoms with Gasteiger partial charge in [-0.3, -0.25) is 0 Å². The number of carboxylic acids is 1. The van der Waals surface area contributed by atoms with Crippen molar-refractivity contribution in [2.75, 3.05) is 0 Å². The number of carbonyl (C=O) groups is 1. The quantitative estimate of drug-likeness (QED) is 0.916. The van der Waals surface area contributed by atoms with Crippen molar-refractivity contribution in [1.82, 2.24) is 0 Å². The third-order valence-corrected chi connectivity index (χ3v) is 2.40. The molecular formula is C14H8FNO3. The van der Waals surface area contributed by atoms with Gasteiger partial charge in [-0.15, -0.1) is 0 Å². The Morgan fingerprint density at radius 1 is 1.16 bits per heavy atom. The molecule has 2 rings (SSSR count). The molecule has 0 atom stereocenters. The Bertz CT molecular complexity index is 659. The normalized spacial score (nSPS) is 9.68. The van der Waals surface area contributed by atoms with Gasteiger partial charge in [-0.05, 0) is 36.4 Å². The van der Waals surface area contributed by atoms with Crippen LogP contribution in [-0.4, -0.2) is 11.1 Å². The number of nitriles is 1. The Kier molecular flexibility index (Phi) is 3.44. The van der Waals surface area contributed by atoms with E-state index in [4.69, 9.17) is 15.1 Å². The Morgan fingerprint density at radius 2 is 1.79 bits per heavy atom.